The predicted octanol–water partition coefficient (Wildman–Crippen LogP) is 3.07. The van der Waals surface area contributed by atoms with Crippen LogP contribution in [0.4, 0.5) is 5.13 Å². The Kier molecular flexibility index (Phi) is 4.61. The molecule has 1 fully saturated rings. The summed E-state index contributed by atoms with van der Waals surface area (Å²) in [5.74, 6) is -0.0103. The van der Waals surface area contributed by atoms with Gasteiger partial charge in [0, 0.05) is 18.0 Å². The monoisotopic (exact) mass is 332 g/mol. The standard InChI is InChI=1S/C12H17BrN2O2S/c1-3-17-11(16)9-4-5-15(8(2)6-9)12-14-10(13)7-18-12/h7-9H,3-6H2,1-2H3/t8-,9-/m0/s1. The molecule has 2 heterocycles. The van der Waals surface area contributed by atoms with Crippen molar-refractivity contribution in [3.05, 3.63) is 9.98 Å². The summed E-state index contributed by atoms with van der Waals surface area (Å²) >= 11 is 5.00. The van der Waals surface area contributed by atoms with E-state index < -0.39 is 0 Å². The van der Waals surface area contributed by atoms with Gasteiger partial charge < -0.3 is 9.64 Å². The van der Waals surface area contributed by atoms with Crippen LogP contribution in [-0.4, -0.2) is 30.1 Å². The molecule has 1 saturated heterocycles. The molecule has 1 aromatic rings. The smallest absolute Gasteiger partial charge is 0.309 e. The number of carbonyl (C=O) groups excluding carboxylic acids is 1. The average molecular weight is 333 g/mol. The summed E-state index contributed by atoms with van der Waals surface area (Å²) in [7, 11) is 0. The van der Waals surface area contributed by atoms with E-state index in [0.717, 1.165) is 29.1 Å². The predicted molar refractivity (Wildman–Crippen MR) is 76.0 cm³/mol. The number of hydrogen-bond donors (Lipinski definition) is 0. The number of piperidine rings is 1. The first-order valence-electron chi connectivity index (χ1n) is 6.16. The summed E-state index contributed by atoms with van der Waals surface area (Å²) in [4.78, 5) is 18.4. The molecule has 100 valence electrons. The van der Waals surface area contributed by atoms with Crippen LogP contribution in [0.3, 0.4) is 0 Å². The molecular weight excluding hydrogens is 316 g/mol. The lowest BCUT2D eigenvalue weighted by atomic mass is 9.92. The Morgan fingerprint density at radius 1 is 1.72 bits per heavy atom. The number of thiazole rings is 1. The molecule has 0 unspecified atom stereocenters. The summed E-state index contributed by atoms with van der Waals surface area (Å²) in [6.45, 7) is 5.32. The zero-order valence-electron chi connectivity index (χ0n) is 10.6. The van der Waals surface area contributed by atoms with Crippen LogP contribution < -0.4 is 4.90 Å². The highest BCUT2D eigenvalue weighted by atomic mass is 79.9. The number of anilines is 1. The van der Waals surface area contributed by atoms with Crippen LogP contribution in [0, 0.1) is 5.92 Å². The SMILES string of the molecule is CCOC(=O)[C@H]1CCN(c2nc(Br)cs2)[C@@H](C)C1. The Bertz CT molecular complexity index is 424. The lowest BCUT2D eigenvalue weighted by molar-refractivity contribution is -0.149. The number of halogens is 1. The molecule has 6 heteroatoms. The molecule has 0 saturated carbocycles. The van der Waals surface area contributed by atoms with Crippen LogP contribution in [0.25, 0.3) is 0 Å². The summed E-state index contributed by atoms with van der Waals surface area (Å²) in [5.41, 5.74) is 0. The second kappa shape index (κ2) is 6.02. The lowest BCUT2D eigenvalue weighted by Crippen LogP contribution is -2.43. The molecule has 0 bridgehead atoms. The number of ether oxygens (including phenoxy) is 1. The van der Waals surface area contributed by atoms with Gasteiger partial charge in [-0.25, -0.2) is 4.98 Å². The Labute approximate surface area is 119 Å². The zero-order chi connectivity index (χ0) is 13.1. The van der Waals surface area contributed by atoms with Crippen LogP contribution >= 0.6 is 27.3 Å². The molecule has 2 atom stereocenters. The Morgan fingerprint density at radius 2 is 2.50 bits per heavy atom. The van der Waals surface area contributed by atoms with E-state index in [-0.39, 0.29) is 11.9 Å². The molecule has 0 aromatic carbocycles. The van der Waals surface area contributed by atoms with Crippen molar-refractivity contribution in [1.82, 2.24) is 4.98 Å². The van der Waals surface area contributed by atoms with Crippen LogP contribution in [-0.2, 0) is 9.53 Å². The van der Waals surface area contributed by atoms with Crippen LogP contribution in [0.2, 0.25) is 0 Å². The number of nitrogens with zero attached hydrogens (tertiary/aromatic N) is 2. The minimum Gasteiger partial charge on any atom is -0.466 e. The van der Waals surface area contributed by atoms with Crippen molar-refractivity contribution in [2.45, 2.75) is 32.7 Å². The van der Waals surface area contributed by atoms with Crippen molar-refractivity contribution in [2.75, 3.05) is 18.1 Å². The quantitative estimate of drug-likeness (QED) is 0.798. The third-order valence-corrected chi connectivity index (χ3v) is 4.79. The first-order valence-corrected chi connectivity index (χ1v) is 7.83. The van der Waals surface area contributed by atoms with E-state index in [9.17, 15) is 4.79 Å². The number of rotatable bonds is 3. The maximum Gasteiger partial charge on any atom is 0.309 e. The molecule has 4 nitrogen and oxygen atoms in total. The Balaban J connectivity index is 1.98. The van der Waals surface area contributed by atoms with E-state index in [2.05, 4.69) is 32.7 Å². The summed E-state index contributed by atoms with van der Waals surface area (Å²) in [6.07, 6.45) is 1.69. The van der Waals surface area contributed by atoms with Gasteiger partial charge in [0.2, 0.25) is 0 Å². The van der Waals surface area contributed by atoms with E-state index in [0.29, 0.717) is 12.6 Å². The van der Waals surface area contributed by atoms with Gasteiger partial charge in [0.1, 0.15) is 4.60 Å². The van der Waals surface area contributed by atoms with Gasteiger partial charge in [0.15, 0.2) is 5.13 Å². The molecule has 0 radical (unpaired) electrons. The van der Waals surface area contributed by atoms with Crippen molar-refractivity contribution >= 4 is 38.4 Å². The Hall–Kier alpha value is -0.620. The van der Waals surface area contributed by atoms with E-state index in [4.69, 9.17) is 4.74 Å². The van der Waals surface area contributed by atoms with Crippen molar-refractivity contribution < 1.29 is 9.53 Å². The second-order valence-corrected chi connectivity index (χ2v) is 6.12. The molecule has 1 aliphatic rings. The van der Waals surface area contributed by atoms with E-state index >= 15 is 0 Å². The van der Waals surface area contributed by atoms with Gasteiger partial charge in [0.05, 0.1) is 12.5 Å². The van der Waals surface area contributed by atoms with Crippen molar-refractivity contribution in [1.29, 1.82) is 0 Å². The summed E-state index contributed by atoms with van der Waals surface area (Å²) in [5, 5.41) is 3.01. The molecular formula is C12H17BrN2O2S. The van der Waals surface area contributed by atoms with Crippen LogP contribution in [0.5, 0.6) is 0 Å². The van der Waals surface area contributed by atoms with Crippen LogP contribution in [0.15, 0.2) is 9.98 Å². The minimum absolute atomic E-state index is 0.0413. The number of hydrogen-bond acceptors (Lipinski definition) is 5. The fraction of sp³-hybridized carbons (Fsp3) is 0.667. The molecule has 0 amide bonds. The van der Waals surface area contributed by atoms with E-state index in [1.165, 1.54) is 0 Å². The third-order valence-electron chi connectivity index (χ3n) is 3.21. The maximum atomic E-state index is 11.7. The average Bonchev–Trinajstić information content (AvgIpc) is 2.76. The highest BCUT2D eigenvalue weighted by Crippen LogP contribution is 2.31. The highest BCUT2D eigenvalue weighted by molar-refractivity contribution is 9.10. The highest BCUT2D eigenvalue weighted by Gasteiger charge is 2.31. The zero-order valence-corrected chi connectivity index (χ0v) is 13.0. The molecule has 18 heavy (non-hydrogen) atoms. The third kappa shape index (κ3) is 3.03. The fourth-order valence-electron chi connectivity index (χ4n) is 2.31. The van der Waals surface area contributed by atoms with Gasteiger partial charge in [0.25, 0.3) is 0 Å². The second-order valence-electron chi connectivity index (χ2n) is 4.47. The number of esters is 1. The Morgan fingerprint density at radius 3 is 3.06 bits per heavy atom. The molecule has 2 rings (SSSR count). The largest absolute Gasteiger partial charge is 0.466 e. The number of aromatic nitrogens is 1. The first-order chi connectivity index (χ1) is 8.61. The van der Waals surface area contributed by atoms with Crippen molar-refractivity contribution in [2.24, 2.45) is 5.92 Å². The van der Waals surface area contributed by atoms with Gasteiger partial charge in [-0.1, -0.05) is 0 Å². The van der Waals surface area contributed by atoms with Gasteiger partial charge in [-0.15, -0.1) is 11.3 Å². The lowest BCUT2D eigenvalue weighted by Gasteiger charge is -2.36. The van der Waals surface area contributed by atoms with Gasteiger partial charge in [-0.2, -0.15) is 0 Å². The fourth-order valence-corrected chi connectivity index (χ4v) is 3.69. The molecule has 1 aliphatic heterocycles. The first kappa shape index (κ1) is 13.8. The minimum atomic E-state index is -0.0516. The van der Waals surface area contributed by atoms with Gasteiger partial charge >= 0.3 is 5.97 Å². The molecule has 0 N–H and O–H groups in total. The number of carbonyl (C=O) groups is 1. The van der Waals surface area contributed by atoms with Crippen molar-refractivity contribution in [3.8, 4) is 0 Å². The normalized spacial score (nSPS) is 24.1. The summed E-state index contributed by atoms with van der Waals surface area (Å²) < 4.78 is 5.97. The van der Waals surface area contributed by atoms with Crippen molar-refractivity contribution in [3.63, 3.8) is 0 Å². The summed E-state index contributed by atoms with van der Waals surface area (Å²) in [6, 6.07) is 0.325. The van der Waals surface area contributed by atoms with E-state index in [1.807, 2.05) is 12.3 Å². The van der Waals surface area contributed by atoms with Crippen LogP contribution in [0.1, 0.15) is 26.7 Å². The van der Waals surface area contributed by atoms with E-state index in [1.54, 1.807) is 11.3 Å². The molecule has 0 aliphatic carbocycles. The molecule has 0 spiro atoms. The van der Waals surface area contributed by atoms with Gasteiger partial charge in [-0.05, 0) is 42.6 Å². The van der Waals surface area contributed by atoms with Gasteiger partial charge in [-0.3, -0.25) is 4.79 Å². The molecule has 1 aromatic heterocycles. The maximum absolute atomic E-state index is 11.7. The topological polar surface area (TPSA) is 42.4 Å².